The number of ether oxygens (including phenoxy) is 2. The first-order chi connectivity index (χ1) is 13.1. The number of halogens is 4. The zero-order chi connectivity index (χ0) is 21.2. The van der Waals surface area contributed by atoms with Gasteiger partial charge in [0, 0.05) is 0 Å². The molecule has 150 valence electrons. The van der Waals surface area contributed by atoms with Gasteiger partial charge in [-0.05, 0) is 36.1 Å². The standard InChI is InChI=1S/C18H14Cl4O6/c1-27-15-11(17(23)24)9(19)5-7(13(15)21)3-4-8-6-10(20)12(18(25)26)16(28-2)14(8)22/h5-6H,3-4H2,1-2H3,(H,23,24)(H,25,26). The van der Waals surface area contributed by atoms with Gasteiger partial charge in [0.2, 0.25) is 0 Å². The minimum Gasteiger partial charge on any atom is -0.494 e. The summed E-state index contributed by atoms with van der Waals surface area (Å²) in [6.45, 7) is 0. The van der Waals surface area contributed by atoms with Crippen LogP contribution in [0.2, 0.25) is 20.1 Å². The highest BCUT2D eigenvalue weighted by molar-refractivity contribution is 6.38. The first-order valence-corrected chi connectivity index (χ1v) is 9.21. The monoisotopic (exact) mass is 466 g/mol. The Labute approximate surface area is 180 Å². The molecule has 0 aliphatic carbocycles. The lowest BCUT2D eigenvalue weighted by atomic mass is 10.0. The zero-order valence-electron chi connectivity index (χ0n) is 14.6. The molecule has 0 spiro atoms. The maximum absolute atomic E-state index is 11.4. The molecule has 0 saturated carbocycles. The molecule has 2 aromatic carbocycles. The van der Waals surface area contributed by atoms with Gasteiger partial charge in [0.25, 0.3) is 0 Å². The number of hydrogen-bond donors (Lipinski definition) is 2. The van der Waals surface area contributed by atoms with Crippen molar-refractivity contribution in [1.29, 1.82) is 0 Å². The first-order valence-electron chi connectivity index (χ1n) is 7.70. The number of carbonyl (C=O) groups is 2. The summed E-state index contributed by atoms with van der Waals surface area (Å²) in [6.07, 6.45) is 0.612. The van der Waals surface area contributed by atoms with Crippen LogP contribution in [0.25, 0.3) is 0 Å². The van der Waals surface area contributed by atoms with Gasteiger partial charge in [0.15, 0.2) is 11.5 Å². The van der Waals surface area contributed by atoms with Crippen molar-refractivity contribution in [2.45, 2.75) is 12.8 Å². The third-order valence-electron chi connectivity index (χ3n) is 4.00. The van der Waals surface area contributed by atoms with E-state index in [1.54, 1.807) is 0 Å². The van der Waals surface area contributed by atoms with E-state index >= 15 is 0 Å². The molecule has 6 nitrogen and oxygen atoms in total. The second-order valence-corrected chi connectivity index (χ2v) is 7.16. The van der Waals surface area contributed by atoms with E-state index in [-0.39, 0.29) is 42.7 Å². The van der Waals surface area contributed by atoms with Gasteiger partial charge in [-0.2, -0.15) is 0 Å². The fourth-order valence-corrected chi connectivity index (χ4v) is 3.96. The molecular formula is C18H14Cl4O6. The fourth-order valence-electron chi connectivity index (χ4n) is 2.72. The van der Waals surface area contributed by atoms with E-state index in [4.69, 9.17) is 55.9 Å². The van der Waals surface area contributed by atoms with Gasteiger partial charge in [-0.15, -0.1) is 0 Å². The van der Waals surface area contributed by atoms with E-state index < -0.39 is 11.9 Å². The third kappa shape index (κ3) is 4.25. The van der Waals surface area contributed by atoms with Crippen LogP contribution in [0.1, 0.15) is 31.8 Å². The molecule has 0 atom stereocenters. The highest BCUT2D eigenvalue weighted by Crippen LogP contribution is 2.40. The fraction of sp³-hybridized carbons (Fsp3) is 0.222. The van der Waals surface area contributed by atoms with E-state index in [0.717, 1.165) is 0 Å². The Morgan fingerprint density at radius 3 is 1.36 bits per heavy atom. The molecule has 0 radical (unpaired) electrons. The summed E-state index contributed by atoms with van der Waals surface area (Å²) in [6, 6.07) is 2.88. The van der Waals surface area contributed by atoms with Gasteiger partial charge in [-0.25, -0.2) is 9.59 Å². The van der Waals surface area contributed by atoms with Crippen LogP contribution < -0.4 is 9.47 Å². The van der Waals surface area contributed by atoms with Crippen LogP contribution in [-0.2, 0) is 12.8 Å². The van der Waals surface area contributed by atoms with Crippen LogP contribution in [0.3, 0.4) is 0 Å². The minimum absolute atomic E-state index is 0.0216. The van der Waals surface area contributed by atoms with Gasteiger partial charge in [-0.1, -0.05) is 46.4 Å². The van der Waals surface area contributed by atoms with Crippen molar-refractivity contribution in [3.05, 3.63) is 54.5 Å². The van der Waals surface area contributed by atoms with Crippen molar-refractivity contribution in [1.82, 2.24) is 0 Å². The molecule has 10 heteroatoms. The normalized spacial score (nSPS) is 10.6. The Kier molecular flexibility index (Phi) is 7.28. The number of carboxylic acids is 2. The van der Waals surface area contributed by atoms with E-state index in [9.17, 15) is 19.8 Å². The Morgan fingerprint density at radius 1 is 0.786 bits per heavy atom. The summed E-state index contributed by atoms with van der Waals surface area (Å²) in [4.78, 5) is 22.7. The molecule has 0 unspecified atom stereocenters. The molecular weight excluding hydrogens is 454 g/mol. The minimum atomic E-state index is -1.26. The van der Waals surface area contributed by atoms with E-state index in [1.807, 2.05) is 0 Å². The molecule has 2 rings (SSSR count). The number of carboxylic acid groups (broad SMARTS) is 2. The molecule has 0 bridgehead atoms. The Bertz CT molecular complexity index is 881. The Hall–Kier alpha value is -1.86. The second kappa shape index (κ2) is 9.09. The van der Waals surface area contributed by atoms with E-state index in [2.05, 4.69) is 0 Å². The summed E-state index contributed by atoms with van der Waals surface area (Å²) in [5, 5.41) is 18.7. The Morgan fingerprint density at radius 2 is 1.11 bits per heavy atom. The van der Waals surface area contributed by atoms with Crippen molar-refractivity contribution >= 4 is 58.3 Å². The Balaban J connectivity index is 2.45. The molecule has 28 heavy (non-hydrogen) atoms. The lowest BCUT2D eigenvalue weighted by Gasteiger charge is -2.15. The zero-order valence-corrected chi connectivity index (χ0v) is 17.6. The highest BCUT2D eigenvalue weighted by Gasteiger charge is 2.24. The molecule has 0 heterocycles. The predicted molar refractivity (Wildman–Crippen MR) is 107 cm³/mol. The van der Waals surface area contributed by atoms with Crippen LogP contribution in [0.4, 0.5) is 0 Å². The number of benzene rings is 2. The lowest BCUT2D eigenvalue weighted by molar-refractivity contribution is 0.0682. The second-order valence-electron chi connectivity index (χ2n) is 5.59. The number of hydrogen-bond acceptors (Lipinski definition) is 4. The first kappa shape index (κ1) is 22.4. The SMILES string of the molecule is COc1c(Cl)c(CCc2cc(Cl)c(C(=O)O)c(OC)c2Cl)cc(Cl)c1C(=O)O. The topological polar surface area (TPSA) is 93.1 Å². The molecule has 2 aromatic rings. The maximum atomic E-state index is 11.4. The molecule has 0 aromatic heterocycles. The van der Waals surface area contributed by atoms with Crippen LogP contribution >= 0.6 is 46.4 Å². The summed E-state index contributed by atoms with van der Waals surface area (Å²) < 4.78 is 10.2. The molecule has 2 N–H and O–H groups in total. The van der Waals surface area contributed by atoms with Crippen LogP contribution in [-0.4, -0.2) is 36.4 Å². The summed E-state index contributed by atoms with van der Waals surface area (Å²) in [5.41, 5.74) is 0.599. The number of aromatic carboxylic acids is 2. The van der Waals surface area contributed by atoms with Gasteiger partial charge < -0.3 is 19.7 Å². The number of methoxy groups -OCH3 is 2. The smallest absolute Gasteiger partial charge is 0.341 e. The number of rotatable bonds is 7. The van der Waals surface area contributed by atoms with Crippen molar-refractivity contribution in [2.24, 2.45) is 0 Å². The predicted octanol–water partition coefficient (Wildman–Crippen LogP) is 5.50. The average Bonchev–Trinajstić information content (AvgIpc) is 2.62. The summed E-state index contributed by atoms with van der Waals surface area (Å²) in [5.74, 6) is -2.61. The van der Waals surface area contributed by atoms with Crippen LogP contribution in [0, 0.1) is 0 Å². The largest absolute Gasteiger partial charge is 0.494 e. The van der Waals surface area contributed by atoms with E-state index in [0.29, 0.717) is 24.0 Å². The average molecular weight is 468 g/mol. The highest BCUT2D eigenvalue weighted by atomic mass is 35.5. The molecule has 0 aliphatic heterocycles. The molecule has 0 fully saturated rings. The summed E-state index contributed by atoms with van der Waals surface area (Å²) >= 11 is 24.7. The van der Waals surface area contributed by atoms with Crippen LogP contribution in [0.15, 0.2) is 12.1 Å². The summed E-state index contributed by atoms with van der Waals surface area (Å²) in [7, 11) is 2.58. The van der Waals surface area contributed by atoms with Gasteiger partial charge >= 0.3 is 11.9 Å². The third-order valence-corrected chi connectivity index (χ3v) is 5.42. The quantitative estimate of drug-likeness (QED) is 0.558. The van der Waals surface area contributed by atoms with Crippen molar-refractivity contribution in [2.75, 3.05) is 14.2 Å². The number of aryl methyl sites for hydroxylation is 2. The van der Waals surface area contributed by atoms with Crippen LogP contribution in [0.5, 0.6) is 11.5 Å². The molecule has 0 aliphatic rings. The van der Waals surface area contributed by atoms with E-state index in [1.165, 1.54) is 26.4 Å². The van der Waals surface area contributed by atoms with Crippen molar-refractivity contribution < 1.29 is 29.3 Å². The lowest BCUT2D eigenvalue weighted by Crippen LogP contribution is -2.06. The molecule has 0 amide bonds. The van der Waals surface area contributed by atoms with Crippen molar-refractivity contribution in [3.63, 3.8) is 0 Å². The van der Waals surface area contributed by atoms with Gasteiger partial charge in [0.05, 0.1) is 34.3 Å². The van der Waals surface area contributed by atoms with Crippen molar-refractivity contribution in [3.8, 4) is 11.5 Å². The van der Waals surface area contributed by atoms with Gasteiger partial charge in [-0.3, -0.25) is 0 Å². The maximum Gasteiger partial charge on any atom is 0.341 e. The molecule has 0 saturated heterocycles. The van der Waals surface area contributed by atoms with Gasteiger partial charge in [0.1, 0.15) is 11.1 Å².